The predicted molar refractivity (Wildman–Crippen MR) is 110 cm³/mol. The largest absolute Gasteiger partial charge is 0.573 e. The molecule has 2 atom stereocenters. The Balaban J connectivity index is 1.29. The summed E-state index contributed by atoms with van der Waals surface area (Å²) in [6, 6.07) is 14.7. The second kappa shape index (κ2) is 8.82. The number of amides is 2. The van der Waals surface area contributed by atoms with E-state index in [4.69, 9.17) is 0 Å². The molecule has 0 aliphatic carbocycles. The molecule has 2 aromatic rings. The zero-order chi connectivity index (χ0) is 22.8. The number of carbonyl (C=O) groups is 2. The molecule has 0 radical (unpaired) electrons. The Hall–Kier alpha value is -3.07. The van der Waals surface area contributed by atoms with Gasteiger partial charge >= 0.3 is 6.36 Å². The average Bonchev–Trinajstić information content (AvgIpc) is 3.30. The average molecular weight is 447 g/mol. The Labute approximate surface area is 183 Å². The van der Waals surface area contributed by atoms with Crippen molar-refractivity contribution < 1.29 is 27.5 Å². The highest BCUT2D eigenvalue weighted by Crippen LogP contribution is 2.40. The second-order valence-corrected chi connectivity index (χ2v) is 8.37. The summed E-state index contributed by atoms with van der Waals surface area (Å²) in [5, 5.41) is 5.58. The maximum atomic E-state index is 12.7. The summed E-state index contributed by atoms with van der Waals surface area (Å²) in [7, 11) is 0. The minimum Gasteiger partial charge on any atom is -0.406 e. The summed E-state index contributed by atoms with van der Waals surface area (Å²) in [5.41, 5.74) is 1.25. The van der Waals surface area contributed by atoms with Crippen molar-refractivity contribution in [3.05, 3.63) is 65.7 Å². The summed E-state index contributed by atoms with van der Waals surface area (Å²) in [6.45, 7) is 2.31. The topological polar surface area (TPSA) is 70.7 Å². The Morgan fingerprint density at radius 3 is 2.53 bits per heavy atom. The molecule has 2 N–H and O–H groups in total. The smallest absolute Gasteiger partial charge is 0.406 e. The fourth-order valence-electron chi connectivity index (χ4n) is 4.41. The van der Waals surface area contributed by atoms with Crippen molar-refractivity contribution in [2.45, 2.75) is 38.3 Å². The number of carbonyl (C=O) groups excluding carboxylic acids is 2. The van der Waals surface area contributed by atoms with Crippen molar-refractivity contribution in [2.75, 3.05) is 13.1 Å². The molecule has 2 heterocycles. The molecular formula is C23H24F3N3O3. The SMILES string of the molecule is O=C(NCc1ccc(OC(F)(F)F)cc1)[C@@H]1C[C@]2(CCN(Cc3ccccc3)C2)C(=O)N1. The van der Waals surface area contributed by atoms with Gasteiger partial charge in [0.25, 0.3) is 0 Å². The third-order valence-corrected chi connectivity index (χ3v) is 6.00. The third-order valence-electron chi connectivity index (χ3n) is 6.00. The first-order valence-electron chi connectivity index (χ1n) is 10.4. The van der Waals surface area contributed by atoms with Crippen LogP contribution in [0.1, 0.15) is 24.0 Å². The lowest BCUT2D eigenvalue weighted by Gasteiger charge is -2.21. The summed E-state index contributed by atoms with van der Waals surface area (Å²) in [4.78, 5) is 27.6. The first kappa shape index (κ1) is 22.1. The summed E-state index contributed by atoms with van der Waals surface area (Å²) in [6.07, 6.45) is -3.61. The van der Waals surface area contributed by atoms with Gasteiger partial charge in [0.05, 0.1) is 5.41 Å². The molecule has 0 saturated carbocycles. The van der Waals surface area contributed by atoms with Gasteiger partial charge < -0.3 is 15.4 Å². The van der Waals surface area contributed by atoms with Crippen LogP contribution in [0.4, 0.5) is 13.2 Å². The Morgan fingerprint density at radius 1 is 1.12 bits per heavy atom. The van der Waals surface area contributed by atoms with Gasteiger partial charge in [-0.25, -0.2) is 0 Å². The molecule has 0 bridgehead atoms. The fourth-order valence-corrected chi connectivity index (χ4v) is 4.41. The lowest BCUT2D eigenvalue weighted by atomic mass is 9.84. The van der Waals surface area contributed by atoms with Gasteiger partial charge in [-0.05, 0) is 42.6 Å². The van der Waals surface area contributed by atoms with Crippen molar-refractivity contribution in [3.8, 4) is 5.75 Å². The Kier molecular flexibility index (Phi) is 6.10. The lowest BCUT2D eigenvalue weighted by molar-refractivity contribution is -0.274. The number of halogens is 3. The molecule has 2 fully saturated rings. The number of likely N-dealkylation sites (tertiary alicyclic amines) is 1. The monoisotopic (exact) mass is 447 g/mol. The molecule has 1 spiro atoms. The van der Waals surface area contributed by atoms with Crippen LogP contribution in [0.3, 0.4) is 0 Å². The van der Waals surface area contributed by atoms with Crippen LogP contribution >= 0.6 is 0 Å². The van der Waals surface area contributed by atoms with Gasteiger partial charge in [-0.2, -0.15) is 0 Å². The van der Waals surface area contributed by atoms with E-state index in [2.05, 4.69) is 32.4 Å². The zero-order valence-corrected chi connectivity index (χ0v) is 17.3. The van der Waals surface area contributed by atoms with E-state index < -0.39 is 17.8 Å². The van der Waals surface area contributed by atoms with Crippen LogP contribution in [0.25, 0.3) is 0 Å². The summed E-state index contributed by atoms with van der Waals surface area (Å²) in [5.74, 6) is -0.715. The maximum absolute atomic E-state index is 12.7. The number of hydrogen-bond acceptors (Lipinski definition) is 4. The van der Waals surface area contributed by atoms with E-state index in [1.807, 2.05) is 18.2 Å². The van der Waals surface area contributed by atoms with E-state index >= 15 is 0 Å². The van der Waals surface area contributed by atoms with Crippen molar-refractivity contribution in [2.24, 2.45) is 5.41 Å². The molecule has 32 heavy (non-hydrogen) atoms. The molecule has 0 aromatic heterocycles. The van der Waals surface area contributed by atoms with Crippen LogP contribution in [0.2, 0.25) is 0 Å². The second-order valence-electron chi connectivity index (χ2n) is 8.37. The van der Waals surface area contributed by atoms with E-state index in [0.29, 0.717) is 24.9 Å². The van der Waals surface area contributed by atoms with Crippen LogP contribution in [-0.2, 0) is 22.7 Å². The van der Waals surface area contributed by atoms with E-state index in [9.17, 15) is 22.8 Å². The molecule has 170 valence electrons. The molecule has 6 nitrogen and oxygen atoms in total. The highest BCUT2D eigenvalue weighted by atomic mass is 19.4. The van der Waals surface area contributed by atoms with Gasteiger partial charge in [-0.3, -0.25) is 14.5 Å². The van der Waals surface area contributed by atoms with E-state index in [0.717, 1.165) is 13.1 Å². The Bertz CT molecular complexity index is 966. The number of nitrogens with one attached hydrogen (secondary N) is 2. The van der Waals surface area contributed by atoms with Crippen molar-refractivity contribution >= 4 is 11.8 Å². The molecule has 2 saturated heterocycles. The van der Waals surface area contributed by atoms with Crippen LogP contribution in [0.15, 0.2) is 54.6 Å². The quantitative estimate of drug-likeness (QED) is 0.715. The number of ether oxygens (including phenoxy) is 1. The van der Waals surface area contributed by atoms with Gasteiger partial charge in [-0.1, -0.05) is 42.5 Å². The highest BCUT2D eigenvalue weighted by Gasteiger charge is 2.52. The first-order valence-corrected chi connectivity index (χ1v) is 10.4. The van der Waals surface area contributed by atoms with Gasteiger partial charge in [0.15, 0.2) is 0 Å². The van der Waals surface area contributed by atoms with Gasteiger partial charge in [-0.15, -0.1) is 13.2 Å². The summed E-state index contributed by atoms with van der Waals surface area (Å²) >= 11 is 0. The normalized spacial score (nSPS) is 23.3. The number of benzene rings is 2. The fraction of sp³-hybridized carbons (Fsp3) is 0.391. The van der Waals surface area contributed by atoms with Crippen molar-refractivity contribution in [1.82, 2.24) is 15.5 Å². The van der Waals surface area contributed by atoms with E-state index in [1.165, 1.54) is 29.8 Å². The predicted octanol–water partition coefficient (Wildman–Crippen LogP) is 2.98. The zero-order valence-electron chi connectivity index (χ0n) is 17.3. The minimum atomic E-state index is -4.75. The van der Waals surface area contributed by atoms with Crippen LogP contribution in [0.5, 0.6) is 5.75 Å². The molecule has 2 aliphatic rings. The van der Waals surface area contributed by atoms with E-state index in [-0.39, 0.29) is 24.1 Å². The number of rotatable bonds is 6. The maximum Gasteiger partial charge on any atom is 0.573 e. The summed E-state index contributed by atoms with van der Waals surface area (Å²) < 4.78 is 40.6. The van der Waals surface area contributed by atoms with Crippen molar-refractivity contribution in [3.63, 3.8) is 0 Å². The van der Waals surface area contributed by atoms with Crippen LogP contribution in [0, 0.1) is 5.41 Å². The standard InChI is InChI=1S/C23H24F3N3O3/c24-23(25,26)32-18-8-6-16(7-9-18)13-27-20(30)19-12-22(21(31)28-19)10-11-29(15-22)14-17-4-2-1-3-5-17/h1-9,19H,10-15H2,(H,27,30)(H,28,31)/t19-,22-/m0/s1. The third kappa shape index (κ3) is 5.21. The molecule has 2 aromatic carbocycles. The lowest BCUT2D eigenvalue weighted by Crippen LogP contribution is -2.41. The molecule has 4 rings (SSSR count). The van der Waals surface area contributed by atoms with Gasteiger partial charge in [0.1, 0.15) is 11.8 Å². The number of alkyl halides is 3. The molecule has 0 unspecified atom stereocenters. The molecule has 2 aliphatic heterocycles. The first-order chi connectivity index (χ1) is 15.2. The van der Waals surface area contributed by atoms with Crippen LogP contribution < -0.4 is 15.4 Å². The molecular weight excluding hydrogens is 423 g/mol. The number of nitrogens with zero attached hydrogens (tertiary/aromatic N) is 1. The molecule has 2 amide bonds. The van der Waals surface area contributed by atoms with E-state index in [1.54, 1.807) is 0 Å². The number of hydrogen-bond donors (Lipinski definition) is 2. The van der Waals surface area contributed by atoms with Gasteiger partial charge in [0.2, 0.25) is 11.8 Å². The van der Waals surface area contributed by atoms with Crippen molar-refractivity contribution in [1.29, 1.82) is 0 Å². The highest BCUT2D eigenvalue weighted by molar-refractivity contribution is 5.94. The minimum absolute atomic E-state index is 0.0955. The van der Waals surface area contributed by atoms with Crippen LogP contribution in [-0.4, -0.2) is 42.2 Å². The van der Waals surface area contributed by atoms with Gasteiger partial charge in [0, 0.05) is 19.6 Å². The Morgan fingerprint density at radius 2 is 1.84 bits per heavy atom. The molecule has 9 heteroatoms.